The van der Waals surface area contributed by atoms with Gasteiger partial charge in [0.25, 0.3) is 5.91 Å². The minimum atomic E-state index is -0.0973. The van der Waals surface area contributed by atoms with E-state index in [2.05, 4.69) is 21.2 Å². The predicted octanol–water partition coefficient (Wildman–Crippen LogP) is 4.19. The number of nitrogens with zero attached hydrogens (tertiary/aromatic N) is 1. The van der Waals surface area contributed by atoms with Crippen LogP contribution in [0.15, 0.2) is 59.2 Å². The van der Waals surface area contributed by atoms with Crippen molar-refractivity contribution in [3.05, 3.63) is 64.8 Å². The zero-order valence-corrected chi connectivity index (χ0v) is 12.5. The van der Waals surface area contributed by atoms with Crippen LogP contribution in [0, 0.1) is 0 Å². The van der Waals surface area contributed by atoms with Crippen molar-refractivity contribution < 1.29 is 4.79 Å². The normalized spacial score (nSPS) is 10.7. The van der Waals surface area contributed by atoms with Crippen LogP contribution in [0.3, 0.4) is 0 Å². The molecule has 0 radical (unpaired) electrons. The van der Waals surface area contributed by atoms with Gasteiger partial charge in [-0.25, -0.2) is 0 Å². The summed E-state index contributed by atoms with van der Waals surface area (Å²) >= 11 is 3.40. The lowest BCUT2D eigenvalue weighted by Crippen LogP contribution is -2.11. The third-order valence-corrected chi connectivity index (χ3v) is 3.72. The van der Waals surface area contributed by atoms with E-state index in [1.807, 2.05) is 66.3 Å². The number of fused-ring (bicyclic) bond motifs is 1. The molecule has 100 valence electrons. The molecule has 0 aliphatic heterocycles. The van der Waals surface area contributed by atoms with Gasteiger partial charge in [-0.3, -0.25) is 4.79 Å². The summed E-state index contributed by atoms with van der Waals surface area (Å²) in [5, 5.41) is 3.88. The van der Waals surface area contributed by atoms with Crippen LogP contribution in [-0.4, -0.2) is 10.5 Å². The van der Waals surface area contributed by atoms with Crippen molar-refractivity contribution in [1.29, 1.82) is 0 Å². The number of anilines is 1. The second-order valence-corrected chi connectivity index (χ2v) is 5.55. The van der Waals surface area contributed by atoms with Gasteiger partial charge in [0.1, 0.15) is 0 Å². The van der Waals surface area contributed by atoms with Gasteiger partial charge in [-0.2, -0.15) is 0 Å². The number of benzene rings is 2. The first-order valence-corrected chi connectivity index (χ1v) is 7.05. The predicted molar refractivity (Wildman–Crippen MR) is 85.0 cm³/mol. The summed E-state index contributed by atoms with van der Waals surface area (Å²) in [4.78, 5) is 12.4. The highest BCUT2D eigenvalue weighted by Crippen LogP contribution is 2.22. The molecule has 0 atom stereocenters. The number of nitrogens with one attached hydrogen (secondary N) is 1. The summed E-state index contributed by atoms with van der Waals surface area (Å²) in [5.74, 6) is -0.0973. The number of aryl methyl sites for hydroxylation is 1. The number of hydrogen-bond donors (Lipinski definition) is 1. The number of para-hydroxylation sites is 1. The average molecular weight is 329 g/mol. The van der Waals surface area contributed by atoms with E-state index in [9.17, 15) is 4.79 Å². The summed E-state index contributed by atoms with van der Waals surface area (Å²) in [6.07, 6.45) is 1.86. The Balaban J connectivity index is 1.97. The molecule has 0 aliphatic rings. The van der Waals surface area contributed by atoms with Crippen molar-refractivity contribution in [2.24, 2.45) is 7.05 Å². The number of hydrogen-bond acceptors (Lipinski definition) is 1. The Morgan fingerprint density at radius 1 is 1.15 bits per heavy atom. The van der Waals surface area contributed by atoms with Crippen LogP contribution < -0.4 is 5.32 Å². The van der Waals surface area contributed by atoms with E-state index in [1.54, 1.807) is 0 Å². The van der Waals surface area contributed by atoms with Gasteiger partial charge in [0, 0.05) is 34.3 Å². The van der Waals surface area contributed by atoms with E-state index in [0.29, 0.717) is 5.56 Å². The molecule has 1 amide bonds. The molecular weight excluding hydrogens is 316 g/mol. The Morgan fingerprint density at radius 3 is 2.75 bits per heavy atom. The van der Waals surface area contributed by atoms with E-state index in [0.717, 1.165) is 21.1 Å². The average Bonchev–Trinajstić information content (AvgIpc) is 2.77. The molecule has 0 bridgehead atoms. The third kappa shape index (κ3) is 2.34. The minimum absolute atomic E-state index is 0.0973. The second kappa shape index (κ2) is 5.13. The third-order valence-electron chi connectivity index (χ3n) is 3.22. The number of aromatic nitrogens is 1. The Hall–Kier alpha value is -2.07. The minimum Gasteiger partial charge on any atom is -0.350 e. The van der Waals surface area contributed by atoms with Crippen molar-refractivity contribution in [2.75, 3.05) is 5.32 Å². The molecule has 1 heterocycles. The fourth-order valence-corrected chi connectivity index (χ4v) is 2.69. The van der Waals surface area contributed by atoms with E-state index >= 15 is 0 Å². The van der Waals surface area contributed by atoms with E-state index in [1.165, 1.54) is 0 Å². The molecule has 0 spiro atoms. The lowest BCUT2D eigenvalue weighted by molar-refractivity contribution is 0.102. The second-order valence-electron chi connectivity index (χ2n) is 4.64. The zero-order valence-electron chi connectivity index (χ0n) is 10.9. The van der Waals surface area contributed by atoms with Gasteiger partial charge in [-0.15, -0.1) is 0 Å². The monoisotopic (exact) mass is 328 g/mol. The van der Waals surface area contributed by atoms with Crippen LogP contribution in [0.25, 0.3) is 10.9 Å². The van der Waals surface area contributed by atoms with Gasteiger partial charge >= 0.3 is 0 Å². The molecular formula is C16H13BrN2O. The molecule has 1 aromatic heterocycles. The number of halogens is 1. The molecule has 20 heavy (non-hydrogen) atoms. The number of rotatable bonds is 2. The van der Waals surface area contributed by atoms with E-state index < -0.39 is 0 Å². The number of carbonyl (C=O) groups excluding carboxylic acids is 1. The highest BCUT2D eigenvalue weighted by molar-refractivity contribution is 9.10. The maximum absolute atomic E-state index is 12.4. The van der Waals surface area contributed by atoms with Crippen molar-refractivity contribution in [3.8, 4) is 0 Å². The van der Waals surface area contributed by atoms with Crippen molar-refractivity contribution in [2.45, 2.75) is 0 Å². The van der Waals surface area contributed by atoms with Crippen LogP contribution >= 0.6 is 15.9 Å². The largest absolute Gasteiger partial charge is 0.350 e. The molecule has 3 aromatic rings. The van der Waals surface area contributed by atoms with Gasteiger partial charge < -0.3 is 9.88 Å². The van der Waals surface area contributed by atoms with Crippen LogP contribution in [-0.2, 0) is 7.05 Å². The molecule has 3 nitrogen and oxygen atoms in total. The lowest BCUT2D eigenvalue weighted by atomic mass is 10.1. The summed E-state index contributed by atoms with van der Waals surface area (Å²) in [6, 6.07) is 15.4. The van der Waals surface area contributed by atoms with Crippen LogP contribution in [0.5, 0.6) is 0 Å². The summed E-state index contributed by atoms with van der Waals surface area (Å²) in [7, 11) is 1.94. The standard InChI is InChI=1S/C16H13BrN2O/c1-19-10-14(13-7-2-3-8-15(13)19)16(20)18-12-6-4-5-11(17)9-12/h2-10H,1H3,(H,18,20). The van der Waals surface area contributed by atoms with Crippen LogP contribution in [0.2, 0.25) is 0 Å². The van der Waals surface area contributed by atoms with Crippen molar-refractivity contribution in [3.63, 3.8) is 0 Å². The zero-order chi connectivity index (χ0) is 14.1. The molecule has 0 saturated heterocycles. The molecule has 0 aliphatic carbocycles. The Bertz CT molecular complexity index is 792. The molecule has 0 saturated carbocycles. The first-order valence-electron chi connectivity index (χ1n) is 6.26. The van der Waals surface area contributed by atoms with Crippen molar-refractivity contribution in [1.82, 2.24) is 4.57 Å². The van der Waals surface area contributed by atoms with E-state index in [-0.39, 0.29) is 5.91 Å². The van der Waals surface area contributed by atoms with Gasteiger partial charge in [0.15, 0.2) is 0 Å². The highest BCUT2D eigenvalue weighted by atomic mass is 79.9. The van der Waals surface area contributed by atoms with Crippen molar-refractivity contribution >= 4 is 38.4 Å². The van der Waals surface area contributed by atoms with Gasteiger partial charge in [-0.05, 0) is 24.3 Å². The summed E-state index contributed by atoms with van der Waals surface area (Å²) < 4.78 is 2.90. The van der Waals surface area contributed by atoms with E-state index in [4.69, 9.17) is 0 Å². The lowest BCUT2D eigenvalue weighted by Gasteiger charge is -2.04. The molecule has 0 unspecified atom stereocenters. The quantitative estimate of drug-likeness (QED) is 0.751. The van der Waals surface area contributed by atoms with Crippen LogP contribution in [0.4, 0.5) is 5.69 Å². The summed E-state index contributed by atoms with van der Waals surface area (Å²) in [6.45, 7) is 0. The summed E-state index contributed by atoms with van der Waals surface area (Å²) in [5.41, 5.74) is 2.51. The van der Waals surface area contributed by atoms with Crippen LogP contribution in [0.1, 0.15) is 10.4 Å². The topological polar surface area (TPSA) is 34.0 Å². The number of carbonyl (C=O) groups is 1. The molecule has 0 fully saturated rings. The Kier molecular flexibility index (Phi) is 3.32. The number of amides is 1. The first kappa shape index (κ1) is 12.9. The Labute approximate surface area is 125 Å². The van der Waals surface area contributed by atoms with Gasteiger partial charge in [0.05, 0.1) is 5.56 Å². The molecule has 3 rings (SSSR count). The van der Waals surface area contributed by atoms with Gasteiger partial charge in [0.2, 0.25) is 0 Å². The molecule has 1 N–H and O–H groups in total. The fraction of sp³-hybridized carbons (Fsp3) is 0.0625. The smallest absolute Gasteiger partial charge is 0.257 e. The maximum atomic E-state index is 12.4. The van der Waals surface area contributed by atoms with Gasteiger partial charge in [-0.1, -0.05) is 40.2 Å². The Morgan fingerprint density at radius 2 is 1.95 bits per heavy atom. The fourth-order valence-electron chi connectivity index (χ4n) is 2.29. The molecule has 4 heteroatoms. The SMILES string of the molecule is Cn1cc(C(=O)Nc2cccc(Br)c2)c2ccccc21. The highest BCUT2D eigenvalue weighted by Gasteiger charge is 2.13. The maximum Gasteiger partial charge on any atom is 0.257 e. The first-order chi connectivity index (χ1) is 9.65. The molecule has 2 aromatic carbocycles.